The van der Waals surface area contributed by atoms with Crippen LogP contribution in [0.4, 0.5) is 0 Å². The Balaban J connectivity index is 2.83. The number of rotatable bonds is 3. The fourth-order valence-electron chi connectivity index (χ4n) is 1.58. The molecule has 1 aromatic carbocycles. The van der Waals surface area contributed by atoms with E-state index in [4.69, 9.17) is 9.47 Å². The maximum absolute atomic E-state index is 10.6. The van der Waals surface area contributed by atoms with Gasteiger partial charge in [-0.2, -0.15) is 0 Å². The highest BCUT2D eigenvalue weighted by atomic mass is 16.5. The van der Waals surface area contributed by atoms with Gasteiger partial charge in [-0.1, -0.05) is 6.07 Å². The lowest BCUT2D eigenvalue weighted by Crippen LogP contribution is -1.95. The van der Waals surface area contributed by atoms with E-state index >= 15 is 0 Å². The van der Waals surface area contributed by atoms with Crippen molar-refractivity contribution in [1.82, 2.24) is 4.98 Å². The summed E-state index contributed by atoms with van der Waals surface area (Å²) in [5.74, 6) is 1.19. The summed E-state index contributed by atoms with van der Waals surface area (Å²) in [6.07, 6.45) is 1.75. The van der Waals surface area contributed by atoms with Crippen LogP contribution in [0.3, 0.4) is 0 Å². The first-order chi connectivity index (χ1) is 7.80. The van der Waals surface area contributed by atoms with Crippen LogP contribution in [-0.2, 0) is 4.79 Å². The first kappa shape index (κ1) is 10.4. The number of pyridine rings is 1. The van der Waals surface area contributed by atoms with Crippen molar-refractivity contribution in [2.75, 3.05) is 14.2 Å². The first-order valence-electron chi connectivity index (χ1n) is 4.70. The molecule has 1 radical (unpaired) electrons. The standard InChI is InChI=1S/C12H10NO3/c1-15-10-5-3-4-9-11(16-2)6-8(7-14)13-12(9)10/h3-6H,1-2H3. The molecule has 0 aliphatic heterocycles. The molecule has 0 aliphatic rings. The average Bonchev–Trinajstić information content (AvgIpc) is 2.36. The van der Waals surface area contributed by atoms with Crippen LogP contribution >= 0.6 is 0 Å². The van der Waals surface area contributed by atoms with Crippen LogP contribution in [0.1, 0.15) is 5.69 Å². The second-order valence-electron chi connectivity index (χ2n) is 3.17. The molecule has 4 nitrogen and oxygen atoms in total. The zero-order valence-corrected chi connectivity index (χ0v) is 8.98. The normalized spacial score (nSPS) is 10.1. The average molecular weight is 216 g/mol. The Morgan fingerprint density at radius 2 is 1.94 bits per heavy atom. The Bertz CT molecular complexity index is 537. The summed E-state index contributed by atoms with van der Waals surface area (Å²) in [7, 11) is 3.10. The molecule has 2 aromatic rings. The number of nitrogens with zero attached hydrogens (tertiary/aromatic N) is 1. The van der Waals surface area contributed by atoms with Crippen molar-refractivity contribution >= 4 is 17.2 Å². The molecule has 0 unspecified atom stereocenters. The van der Waals surface area contributed by atoms with Crippen LogP contribution in [0.5, 0.6) is 11.5 Å². The molecule has 0 saturated heterocycles. The van der Waals surface area contributed by atoms with Crippen molar-refractivity contribution in [3.05, 3.63) is 30.0 Å². The van der Waals surface area contributed by atoms with E-state index in [2.05, 4.69) is 4.98 Å². The Morgan fingerprint density at radius 3 is 2.56 bits per heavy atom. The number of carbonyl (C=O) groups excluding carboxylic acids is 1. The summed E-state index contributed by atoms with van der Waals surface area (Å²) in [5.41, 5.74) is 0.802. The van der Waals surface area contributed by atoms with Gasteiger partial charge in [0.05, 0.1) is 14.2 Å². The fraction of sp³-hybridized carbons (Fsp3) is 0.167. The van der Waals surface area contributed by atoms with E-state index in [1.54, 1.807) is 32.6 Å². The maximum atomic E-state index is 10.6. The Labute approximate surface area is 92.8 Å². The van der Waals surface area contributed by atoms with Crippen molar-refractivity contribution in [1.29, 1.82) is 0 Å². The molecule has 0 spiro atoms. The molecular formula is C12H10NO3. The summed E-state index contributed by atoms with van der Waals surface area (Å²) in [5, 5.41) is 0.806. The van der Waals surface area contributed by atoms with Crippen LogP contribution in [0.15, 0.2) is 24.3 Å². The Hall–Kier alpha value is -2.10. The minimum Gasteiger partial charge on any atom is -0.496 e. The predicted octanol–water partition coefficient (Wildman–Crippen LogP) is 1.71. The summed E-state index contributed by atoms with van der Waals surface area (Å²) in [6, 6.07) is 7.03. The molecule has 0 fully saturated rings. The van der Waals surface area contributed by atoms with Gasteiger partial charge < -0.3 is 9.47 Å². The van der Waals surface area contributed by atoms with E-state index in [1.165, 1.54) is 0 Å². The van der Waals surface area contributed by atoms with Gasteiger partial charge in [-0.05, 0) is 12.1 Å². The third-order valence-electron chi connectivity index (χ3n) is 2.31. The molecule has 81 valence electrons. The third kappa shape index (κ3) is 1.58. The minimum atomic E-state index is 0.203. The second-order valence-corrected chi connectivity index (χ2v) is 3.17. The largest absolute Gasteiger partial charge is 0.496 e. The lowest BCUT2D eigenvalue weighted by atomic mass is 10.1. The topological polar surface area (TPSA) is 48.4 Å². The molecule has 0 saturated carbocycles. The Kier molecular flexibility index (Phi) is 2.72. The number of aromatic nitrogens is 1. The number of para-hydroxylation sites is 1. The van der Waals surface area contributed by atoms with Gasteiger partial charge in [0.1, 0.15) is 22.7 Å². The van der Waals surface area contributed by atoms with Crippen molar-refractivity contribution < 1.29 is 14.3 Å². The van der Waals surface area contributed by atoms with Crippen LogP contribution in [0, 0.1) is 0 Å². The zero-order valence-electron chi connectivity index (χ0n) is 8.98. The van der Waals surface area contributed by atoms with Crippen LogP contribution in [0.25, 0.3) is 10.9 Å². The molecule has 0 N–H and O–H groups in total. The summed E-state index contributed by atoms with van der Waals surface area (Å²) in [4.78, 5) is 14.8. The van der Waals surface area contributed by atoms with Crippen molar-refractivity contribution in [3.8, 4) is 11.5 Å². The number of methoxy groups -OCH3 is 2. The number of benzene rings is 1. The predicted molar refractivity (Wildman–Crippen MR) is 59.6 cm³/mol. The smallest absolute Gasteiger partial charge is 0.253 e. The molecule has 2 rings (SSSR count). The summed E-state index contributed by atoms with van der Waals surface area (Å²) >= 11 is 0. The summed E-state index contributed by atoms with van der Waals surface area (Å²) < 4.78 is 10.4. The SMILES string of the molecule is COc1cc([C]=O)nc2c(OC)cccc12. The highest BCUT2D eigenvalue weighted by molar-refractivity contribution is 5.92. The van der Waals surface area contributed by atoms with Gasteiger partial charge in [0.25, 0.3) is 6.29 Å². The van der Waals surface area contributed by atoms with Gasteiger partial charge in [-0.15, -0.1) is 0 Å². The van der Waals surface area contributed by atoms with E-state index in [0.29, 0.717) is 17.0 Å². The van der Waals surface area contributed by atoms with Gasteiger partial charge in [0.15, 0.2) is 0 Å². The van der Waals surface area contributed by atoms with E-state index in [1.807, 2.05) is 12.1 Å². The third-order valence-corrected chi connectivity index (χ3v) is 2.31. The van der Waals surface area contributed by atoms with Gasteiger partial charge >= 0.3 is 0 Å². The van der Waals surface area contributed by atoms with E-state index in [-0.39, 0.29) is 5.69 Å². The van der Waals surface area contributed by atoms with E-state index < -0.39 is 0 Å². The van der Waals surface area contributed by atoms with Crippen LogP contribution < -0.4 is 9.47 Å². The lowest BCUT2D eigenvalue weighted by Gasteiger charge is -2.08. The molecule has 0 bridgehead atoms. The molecule has 16 heavy (non-hydrogen) atoms. The molecular weight excluding hydrogens is 206 g/mol. The maximum Gasteiger partial charge on any atom is 0.253 e. The molecule has 0 atom stereocenters. The minimum absolute atomic E-state index is 0.203. The van der Waals surface area contributed by atoms with Crippen molar-refractivity contribution in [2.24, 2.45) is 0 Å². The summed E-state index contributed by atoms with van der Waals surface area (Å²) in [6.45, 7) is 0. The van der Waals surface area contributed by atoms with E-state index in [0.717, 1.165) is 5.39 Å². The number of hydrogen-bond acceptors (Lipinski definition) is 4. The quantitative estimate of drug-likeness (QED) is 0.783. The zero-order chi connectivity index (χ0) is 11.5. The van der Waals surface area contributed by atoms with Gasteiger partial charge in [-0.3, -0.25) is 4.79 Å². The molecule has 4 heteroatoms. The highest BCUT2D eigenvalue weighted by Gasteiger charge is 2.09. The molecule has 1 heterocycles. The monoisotopic (exact) mass is 216 g/mol. The Morgan fingerprint density at radius 1 is 1.19 bits per heavy atom. The second kappa shape index (κ2) is 4.18. The number of hydrogen-bond donors (Lipinski definition) is 0. The van der Waals surface area contributed by atoms with Gasteiger partial charge in [0, 0.05) is 11.5 Å². The molecule has 0 aliphatic carbocycles. The van der Waals surface area contributed by atoms with E-state index in [9.17, 15) is 4.79 Å². The molecule has 0 amide bonds. The number of fused-ring (bicyclic) bond motifs is 1. The van der Waals surface area contributed by atoms with Crippen LogP contribution in [-0.4, -0.2) is 25.5 Å². The first-order valence-corrected chi connectivity index (χ1v) is 4.70. The highest BCUT2D eigenvalue weighted by Crippen LogP contribution is 2.30. The number of ether oxygens (including phenoxy) is 2. The van der Waals surface area contributed by atoms with Gasteiger partial charge in [0.2, 0.25) is 0 Å². The van der Waals surface area contributed by atoms with Crippen LogP contribution in [0.2, 0.25) is 0 Å². The van der Waals surface area contributed by atoms with Gasteiger partial charge in [-0.25, -0.2) is 4.98 Å². The van der Waals surface area contributed by atoms with Crippen molar-refractivity contribution in [3.63, 3.8) is 0 Å². The fourth-order valence-corrected chi connectivity index (χ4v) is 1.58. The lowest BCUT2D eigenvalue weighted by molar-refractivity contribution is 0.414. The molecule has 1 aromatic heterocycles. The van der Waals surface area contributed by atoms with Crippen molar-refractivity contribution in [2.45, 2.75) is 0 Å².